The second kappa shape index (κ2) is 6.48. The molecule has 3 rings (SSSR count). The van der Waals surface area contributed by atoms with Crippen molar-refractivity contribution in [3.8, 4) is 11.6 Å². The third kappa shape index (κ3) is 3.19. The van der Waals surface area contributed by atoms with Gasteiger partial charge in [0.2, 0.25) is 5.88 Å². The molecule has 0 aliphatic carbocycles. The van der Waals surface area contributed by atoms with Gasteiger partial charge < -0.3 is 10.5 Å². The zero-order chi connectivity index (χ0) is 15.4. The number of aryl methyl sites for hydroxylation is 1. The van der Waals surface area contributed by atoms with E-state index in [0.717, 1.165) is 28.6 Å². The predicted octanol–water partition coefficient (Wildman–Crippen LogP) is 4.95. The molecule has 0 aliphatic rings. The van der Waals surface area contributed by atoms with E-state index in [0.29, 0.717) is 5.88 Å². The summed E-state index contributed by atoms with van der Waals surface area (Å²) in [5, 5.41) is 2.19. The van der Waals surface area contributed by atoms with Gasteiger partial charge in [-0.15, -0.1) is 0 Å². The Morgan fingerprint density at radius 3 is 2.64 bits per heavy atom. The normalized spacial score (nSPS) is 10.8. The fraction of sp³-hybridized carbons (Fsp3) is 0.211. The number of hydrogen-bond donors (Lipinski definition) is 1. The van der Waals surface area contributed by atoms with Crippen LogP contribution in [-0.2, 0) is 6.42 Å². The van der Waals surface area contributed by atoms with Crippen LogP contribution in [0.15, 0.2) is 54.7 Å². The van der Waals surface area contributed by atoms with Crippen molar-refractivity contribution in [2.45, 2.75) is 26.2 Å². The molecular formula is C19H20N2O. The maximum Gasteiger partial charge on any atom is 0.227 e. The molecule has 0 amide bonds. The number of nitrogen functional groups attached to an aromatic ring is 1. The SMILES string of the molecule is CCCCc1ccc2ccnc(Oc3ccc(N)cc3)c2c1. The zero-order valence-corrected chi connectivity index (χ0v) is 12.8. The Morgan fingerprint density at radius 2 is 1.86 bits per heavy atom. The van der Waals surface area contributed by atoms with Crippen LogP contribution in [0.25, 0.3) is 10.8 Å². The summed E-state index contributed by atoms with van der Waals surface area (Å²) in [5.74, 6) is 1.38. The minimum Gasteiger partial charge on any atom is -0.438 e. The number of aromatic nitrogens is 1. The van der Waals surface area contributed by atoms with E-state index in [1.54, 1.807) is 6.20 Å². The fourth-order valence-electron chi connectivity index (χ4n) is 2.45. The van der Waals surface area contributed by atoms with E-state index in [1.807, 2.05) is 30.3 Å². The van der Waals surface area contributed by atoms with E-state index in [4.69, 9.17) is 10.5 Å². The standard InChI is InChI=1S/C19H20N2O/c1-2-3-4-14-5-6-15-11-12-21-19(18(15)13-14)22-17-9-7-16(20)8-10-17/h5-13H,2-4,20H2,1H3. The van der Waals surface area contributed by atoms with Gasteiger partial charge in [0, 0.05) is 17.3 Å². The molecule has 1 heterocycles. The second-order valence-corrected chi connectivity index (χ2v) is 5.45. The van der Waals surface area contributed by atoms with Crippen molar-refractivity contribution >= 4 is 16.5 Å². The van der Waals surface area contributed by atoms with Crippen molar-refractivity contribution in [2.24, 2.45) is 0 Å². The quantitative estimate of drug-likeness (QED) is 0.677. The molecule has 0 fully saturated rings. The highest BCUT2D eigenvalue weighted by Crippen LogP contribution is 2.29. The number of nitrogens with zero attached hydrogens (tertiary/aromatic N) is 1. The van der Waals surface area contributed by atoms with Crippen molar-refractivity contribution < 1.29 is 4.74 Å². The van der Waals surface area contributed by atoms with Gasteiger partial charge in [-0.05, 0) is 60.2 Å². The van der Waals surface area contributed by atoms with Gasteiger partial charge in [-0.25, -0.2) is 4.98 Å². The Bertz CT molecular complexity index is 766. The summed E-state index contributed by atoms with van der Waals surface area (Å²) in [5.41, 5.74) is 7.75. The number of benzene rings is 2. The van der Waals surface area contributed by atoms with Gasteiger partial charge in [0.15, 0.2) is 0 Å². The minimum absolute atomic E-state index is 0.639. The second-order valence-electron chi connectivity index (χ2n) is 5.45. The molecule has 2 N–H and O–H groups in total. The third-order valence-corrected chi connectivity index (χ3v) is 3.71. The van der Waals surface area contributed by atoms with Gasteiger partial charge >= 0.3 is 0 Å². The Labute approximate surface area is 130 Å². The van der Waals surface area contributed by atoms with Crippen LogP contribution < -0.4 is 10.5 Å². The molecule has 0 saturated heterocycles. The van der Waals surface area contributed by atoms with Crippen LogP contribution in [0, 0.1) is 0 Å². The number of pyridine rings is 1. The van der Waals surface area contributed by atoms with Crippen molar-refractivity contribution in [2.75, 3.05) is 5.73 Å². The molecule has 3 nitrogen and oxygen atoms in total. The summed E-state index contributed by atoms with van der Waals surface area (Å²) in [6.45, 7) is 2.21. The highest BCUT2D eigenvalue weighted by atomic mass is 16.5. The summed E-state index contributed by atoms with van der Waals surface area (Å²) in [4.78, 5) is 4.39. The smallest absolute Gasteiger partial charge is 0.227 e. The first kappa shape index (κ1) is 14.4. The molecule has 112 valence electrons. The Kier molecular flexibility index (Phi) is 4.24. The molecule has 0 atom stereocenters. The number of fused-ring (bicyclic) bond motifs is 1. The zero-order valence-electron chi connectivity index (χ0n) is 12.8. The molecule has 3 heteroatoms. The summed E-state index contributed by atoms with van der Waals surface area (Å²) in [6.07, 6.45) is 5.25. The first-order chi connectivity index (χ1) is 10.8. The lowest BCUT2D eigenvalue weighted by atomic mass is 10.0. The maximum atomic E-state index is 5.94. The van der Waals surface area contributed by atoms with Crippen molar-refractivity contribution in [3.63, 3.8) is 0 Å². The number of rotatable bonds is 5. The molecular weight excluding hydrogens is 272 g/mol. The van der Waals surface area contributed by atoms with Crippen molar-refractivity contribution in [1.82, 2.24) is 4.98 Å². The van der Waals surface area contributed by atoms with Gasteiger partial charge in [-0.2, -0.15) is 0 Å². The van der Waals surface area contributed by atoms with E-state index < -0.39 is 0 Å². The van der Waals surface area contributed by atoms with Crippen molar-refractivity contribution in [3.05, 3.63) is 60.3 Å². The first-order valence-electron chi connectivity index (χ1n) is 7.67. The summed E-state index contributed by atoms with van der Waals surface area (Å²) < 4.78 is 5.94. The first-order valence-corrected chi connectivity index (χ1v) is 7.67. The molecule has 2 aromatic carbocycles. The molecule has 0 aliphatic heterocycles. The van der Waals surface area contributed by atoms with E-state index in [9.17, 15) is 0 Å². The maximum absolute atomic E-state index is 5.94. The predicted molar refractivity (Wildman–Crippen MR) is 91.3 cm³/mol. The highest BCUT2D eigenvalue weighted by molar-refractivity contribution is 5.87. The van der Waals surface area contributed by atoms with Crippen LogP contribution >= 0.6 is 0 Å². The van der Waals surface area contributed by atoms with Crippen LogP contribution in [0.3, 0.4) is 0 Å². The average Bonchev–Trinajstić information content (AvgIpc) is 2.55. The van der Waals surface area contributed by atoms with E-state index in [-0.39, 0.29) is 0 Å². The number of unbranched alkanes of at least 4 members (excludes halogenated alkanes) is 1. The van der Waals surface area contributed by atoms with Crippen LogP contribution in [0.4, 0.5) is 5.69 Å². The van der Waals surface area contributed by atoms with Crippen LogP contribution in [0.2, 0.25) is 0 Å². The third-order valence-electron chi connectivity index (χ3n) is 3.71. The molecule has 1 aromatic heterocycles. The summed E-state index contributed by atoms with van der Waals surface area (Å²) >= 11 is 0. The molecule has 0 saturated carbocycles. The van der Waals surface area contributed by atoms with E-state index in [2.05, 4.69) is 30.1 Å². The fourth-order valence-corrected chi connectivity index (χ4v) is 2.45. The van der Waals surface area contributed by atoms with E-state index in [1.165, 1.54) is 18.4 Å². The lowest BCUT2D eigenvalue weighted by molar-refractivity contribution is 0.469. The topological polar surface area (TPSA) is 48.1 Å². The number of hydrogen-bond acceptors (Lipinski definition) is 3. The number of ether oxygens (including phenoxy) is 1. The number of nitrogens with two attached hydrogens (primary N) is 1. The molecule has 0 unspecified atom stereocenters. The van der Waals surface area contributed by atoms with Gasteiger partial charge in [0.1, 0.15) is 5.75 Å². The van der Waals surface area contributed by atoms with Gasteiger partial charge in [0.05, 0.1) is 0 Å². The van der Waals surface area contributed by atoms with Crippen LogP contribution in [-0.4, -0.2) is 4.98 Å². The van der Waals surface area contributed by atoms with E-state index >= 15 is 0 Å². The Hall–Kier alpha value is -2.55. The van der Waals surface area contributed by atoms with Gasteiger partial charge in [0.25, 0.3) is 0 Å². The summed E-state index contributed by atoms with van der Waals surface area (Å²) in [7, 11) is 0. The van der Waals surface area contributed by atoms with Gasteiger partial charge in [-0.1, -0.05) is 25.5 Å². The summed E-state index contributed by atoms with van der Waals surface area (Å²) in [6, 6.07) is 15.9. The monoisotopic (exact) mass is 292 g/mol. The molecule has 0 spiro atoms. The molecule has 0 radical (unpaired) electrons. The van der Waals surface area contributed by atoms with Crippen LogP contribution in [0.1, 0.15) is 25.3 Å². The van der Waals surface area contributed by atoms with Crippen LogP contribution in [0.5, 0.6) is 11.6 Å². The molecule has 22 heavy (non-hydrogen) atoms. The Balaban J connectivity index is 1.95. The van der Waals surface area contributed by atoms with Crippen molar-refractivity contribution in [1.29, 1.82) is 0 Å². The average molecular weight is 292 g/mol. The lowest BCUT2D eigenvalue weighted by Crippen LogP contribution is -1.92. The highest BCUT2D eigenvalue weighted by Gasteiger charge is 2.06. The van der Waals surface area contributed by atoms with Gasteiger partial charge in [-0.3, -0.25) is 0 Å². The number of anilines is 1. The molecule has 0 bridgehead atoms. The molecule has 3 aromatic rings. The largest absolute Gasteiger partial charge is 0.438 e. The Morgan fingerprint density at radius 1 is 1.05 bits per heavy atom. The lowest BCUT2D eigenvalue weighted by Gasteiger charge is -2.09. The minimum atomic E-state index is 0.639.